The molecule has 3 heterocycles. The van der Waals surface area contributed by atoms with Gasteiger partial charge in [-0.3, -0.25) is 9.89 Å². The summed E-state index contributed by atoms with van der Waals surface area (Å²) in [6.07, 6.45) is 1.97. The van der Waals surface area contributed by atoms with Crippen LogP contribution >= 0.6 is 0 Å². The van der Waals surface area contributed by atoms with E-state index in [1.807, 2.05) is 30.3 Å². The van der Waals surface area contributed by atoms with E-state index in [1.165, 1.54) is 8.99 Å². The summed E-state index contributed by atoms with van der Waals surface area (Å²) in [6.45, 7) is 0.386. The maximum absolute atomic E-state index is 13.2. The number of aromatic nitrogens is 3. The van der Waals surface area contributed by atoms with Crippen molar-refractivity contribution in [3.63, 3.8) is 0 Å². The first-order chi connectivity index (χ1) is 14.0. The van der Waals surface area contributed by atoms with E-state index in [-0.39, 0.29) is 23.5 Å². The number of H-pyrrole nitrogens is 1. The van der Waals surface area contributed by atoms with Gasteiger partial charge in [-0.05, 0) is 41.5 Å². The van der Waals surface area contributed by atoms with Crippen LogP contribution in [0.4, 0.5) is 0 Å². The quantitative estimate of drug-likeness (QED) is 0.566. The highest BCUT2D eigenvalue weighted by atomic mass is 32.2. The maximum Gasteiger partial charge on any atom is 0.276 e. The summed E-state index contributed by atoms with van der Waals surface area (Å²) in [7, 11) is -3.68. The van der Waals surface area contributed by atoms with Gasteiger partial charge in [-0.25, -0.2) is 18.1 Å². The monoisotopic (exact) mass is 406 g/mol. The molecular weight excluding hydrogens is 388 g/mol. The smallest absolute Gasteiger partial charge is 0.276 e. The topological polar surface area (TPSA) is 88.1 Å². The Bertz CT molecular complexity index is 1370. The van der Waals surface area contributed by atoms with Crippen molar-refractivity contribution in [3.8, 4) is 5.82 Å². The van der Waals surface area contributed by atoms with Crippen LogP contribution in [-0.2, 0) is 23.0 Å². The number of nitrogens with one attached hydrogen (secondary N) is 1. The lowest BCUT2D eigenvalue weighted by Crippen LogP contribution is -2.37. The van der Waals surface area contributed by atoms with E-state index in [0.29, 0.717) is 23.5 Å². The molecule has 5 rings (SSSR count). The van der Waals surface area contributed by atoms with Gasteiger partial charge in [-0.1, -0.05) is 36.4 Å². The predicted octanol–water partition coefficient (Wildman–Crippen LogP) is 2.46. The predicted molar refractivity (Wildman–Crippen MR) is 109 cm³/mol. The number of benzene rings is 2. The first-order valence-electron chi connectivity index (χ1n) is 9.27. The van der Waals surface area contributed by atoms with E-state index in [1.54, 1.807) is 36.5 Å². The second kappa shape index (κ2) is 6.68. The summed E-state index contributed by atoms with van der Waals surface area (Å²) in [4.78, 5) is 17.2. The summed E-state index contributed by atoms with van der Waals surface area (Å²) in [5, 5.41) is 4.90. The van der Waals surface area contributed by atoms with Gasteiger partial charge in [0.05, 0.1) is 17.1 Å². The highest BCUT2D eigenvalue weighted by Crippen LogP contribution is 2.25. The molecule has 0 amide bonds. The number of hydrogen-bond donors (Lipinski definition) is 1. The van der Waals surface area contributed by atoms with Crippen molar-refractivity contribution in [2.75, 3.05) is 6.54 Å². The van der Waals surface area contributed by atoms with E-state index in [0.717, 1.165) is 10.8 Å². The average Bonchev–Trinajstić information content (AvgIpc) is 3.10. The van der Waals surface area contributed by atoms with Crippen molar-refractivity contribution in [3.05, 3.63) is 88.5 Å². The zero-order chi connectivity index (χ0) is 20.0. The van der Waals surface area contributed by atoms with Crippen LogP contribution in [-0.4, -0.2) is 34.0 Å². The van der Waals surface area contributed by atoms with Crippen LogP contribution in [0.5, 0.6) is 0 Å². The molecule has 0 unspecified atom stereocenters. The zero-order valence-corrected chi connectivity index (χ0v) is 16.3. The number of nitrogens with zero attached hydrogens (tertiary/aromatic N) is 3. The van der Waals surface area contributed by atoms with Crippen molar-refractivity contribution in [2.45, 2.75) is 17.9 Å². The summed E-state index contributed by atoms with van der Waals surface area (Å²) in [5.74, 6) is 0.482. The Kier molecular flexibility index (Phi) is 4.11. The first kappa shape index (κ1) is 17.8. The molecule has 0 radical (unpaired) electrons. The number of aromatic amines is 1. The molecular formula is C21H18N4O3S. The van der Waals surface area contributed by atoms with Crippen molar-refractivity contribution in [1.29, 1.82) is 0 Å². The molecule has 0 saturated heterocycles. The largest absolute Gasteiger partial charge is 0.292 e. The molecule has 1 aliphatic rings. The Balaban J connectivity index is 1.50. The third-order valence-corrected chi connectivity index (χ3v) is 7.10. The lowest BCUT2D eigenvalue weighted by atomic mass is 10.1. The SMILES string of the molecule is O=c1c2c([nH]n1-c1ccccn1)CN(S(=O)(=O)c1ccc3ccccc3c1)CC2. The summed E-state index contributed by atoms with van der Waals surface area (Å²) < 4.78 is 29.2. The molecule has 0 saturated carbocycles. The minimum absolute atomic E-state index is 0.125. The molecule has 0 spiro atoms. The fourth-order valence-corrected chi connectivity index (χ4v) is 5.17. The maximum atomic E-state index is 13.2. The summed E-state index contributed by atoms with van der Waals surface area (Å²) >= 11 is 0. The van der Waals surface area contributed by atoms with Gasteiger partial charge in [-0.2, -0.15) is 4.31 Å². The van der Waals surface area contributed by atoms with Gasteiger partial charge in [-0.15, -0.1) is 0 Å². The Morgan fingerprint density at radius 3 is 2.55 bits per heavy atom. The van der Waals surface area contributed by atoms with Gasteiger partial charge in [0, 0.05) is 18.3 Å². The Hall–Kier alpha value is -3.23. The van der Waals surface area contributed by atoms with E-state index in [4.69, 9.17) is 0 Å². The normalized spacial score (nSPS) is 14.8. The molecule has 0 aliphatic carbocycles. The van der Waals surface area contributed by atoms with E-state index >= 15 is 0 Å². The first-order valence-corrected chi connectivity index (χ1v) is 10.7. The molecule has 1 aliphatic heterocycles. The van der Waals surface area contributed by atoms with Crippen LogP contribution in [0, 0.1) is 0 Å². The Labute approximate surface area is 167 Å². The number of fused-ring (bicyclic) bond motifs is 2. The molecule has 7 nitrogen and oxygen atoms in total. The van der Waals surface area contributed by atoms with Gasteiger partial charge in [0.15, 0.2) is 5.82 Å². The van der Waals surface area contributed by atoms with Gasteiger partial charge >= 0.3 is 0 Å². The summed E-state index contributed by atoms with van der Waals surface area (Å²) in [6, 6.07) is 18.1. The fourth-order valence-electron chi connectivity index (χ4n) is 3.73. The second-order valence-electron chi connectivity index (χ2n) is 6.99. The number of rotatable bonds is 3. The molecule has 8 heteroatoms. The zero-order valence-electron chi connectivity index (χ0n) is 15.4. The molecule has 0 fully saturated rings. The fraction of sp³-hybridized carbons (Fsp3) is 0.143. The number of pyridine rings is 1. The van der Waals surface area contributed by atoms with Crippen LogP contribution in [0.2, 0.25) is 0 Å². The molecule has 0 atom stereocenters. The van der Waals surface area contributed by atoms with Crippen molar-refractivity contribution in [2.24, 2.45) is 0 Å². The number of sulfonamides is 1. The van der Waals surface area contributed by atoms with Crippen LogP contribution in [0.15, 0.2) is 76.6 Å². The van der Waals surface area contributed by atoms with E-state index in [9.17, 15) is 13.2 Å². The molecule has 0 bridgehead atoms. The van der Waals surface area contributed by atoms with Crippen molar-refractivity contribution in [1.82, 2.24) is 19.1 Å². The molecule has 29 heavy (non-hydrogen) atoms. The lowest BCUT2D eigenvalue weighted by molar-refractivity contribution is 0.386. The molecule has 2 aromatic heterocycles. The molecule has 2 aromatic carbocycles. The lowest BCUT2D eigenvalue weighted by Gasteiger charge is -2.25. The van der Waals surface area contributed by atoms with Crippen LogP contribution in [0.25, 0.3) is 16.6 Å². The van der Waals surface area contributed by atoms with Crippen molar-refractivity contribution >= 4 is 20.8 Å². The van der Waals surface area contributed by atoms with Gasteiger partial charge < -0.3 is 0 Å². The molecule has 4 aromatic rings. The number of hydrogen-bond acceptors (Lipinski definition) is 4. The van der Waals surface area contributed by atoms with Gasteiger partial charge in [0.1, 0.15) is 0 Å². The molecule has 146 valence electrons. The Morgan fingerprint density at radius 1 is 0.966 bits per heavy atom. The van der Waals surface area contributed by atoms with Crippen LogP contribution in [0.1, 0.15) is 11.3 Å². The highest BCUT2D eigenvalue weighted by Gasteiger charge is 2.31. The van der Waals surface area contributed by atoms with Crippen LogP contribution in [0.3, 0.4) is 0 Å². The van der Waals surface area contributed by atoms with Crippen LogP contribution < -0.4 is 5.56 Å². The summed E-state index contributed by atoms with van der Waals surface area (Å²) in [5.41, 5.74) is 1.04. The minimum atomic E-state index is -3.68. The van der Waals surface area contributed by atoms with E-state index in [2.05, 4.69) is 10.1 Å². The van der Waals surface area contributed by atoms with E-state index < -0.39 is 10.0 Å². The minimum Gasteiger partial charge on any atom is -0.292 e. The third kappa shape index (κ3) is 2.97. The van der Waals surface area contributed by atoms with Gasteiger partial charge in [0.2, 0.25) is 10.0 Å². The third-order valence-electron chi connectivity index (χ3n) is 5.26. The molecule has 1 N–H and O–H groups in total. The standard InChI is InChI=1S/C21H18N4O3S/c26-21-18-10-12-24(14-19(18)23-25(21)20-7-3-4-11-22-20)29(27,28)17-9-8-15-5-1-2-6-16(15)13-17/h1-9,11,13,23H,10,12,14H2. The Morgan fingerprint density at radius 2 is 1.76 bits per heavy atom. The second-order valence-corrected chi connectivity index (χ2v) is 8.93. The van der Waals surface area contributed by atoms with Crippen molar-refractivity contribution < 1.29 is 8.42 Å². The highest BCUT2D eigenvalue weighted by molar-refractivity contribution is 7.89. The van der Waals surface area contributed by atoms with Gasteiger partial charge in [0.25, 0.3) is 5.56 Å². The average molecular weight is 406 g/mol.